The smallest absolute Gasteiger partial charge is 0.267 e. The van der Waals surface area contributed by atoms with Gasteiger partial charge in [-0.25, -0.2) is 0 Å². The van der Waals surface area contributed by atoms with Gasteiger partial charge in [-0.05, 0) is 78.6 Å². The van der Waals surface area contributed by atoms with Crippen LogP contribution in [0.25, 0.3) is 16.5 Å². The minimum Gasteiger partial charge on any atom is -0.380 e. The molecule has 4 aromatic rings. The second-order valence-corrected chi connectivity index (χ2v) is 10.9. The monoisotopic (exact) mass is 522 g/mol. The van der Waals surface area contributed by atoms with Crippen LogP contribution in [0.1, 0.15) is 52.0 Å². The van der Waals surface area contributed by atoms with E-state index in [1.165, 1.54) is 30.6 Å². The second-order valence-electron chi connectivity index (χ2n) is 9.96. The number of aromatic nitrogens is 1. The lowest BCUT2D eigenvalue weighted by Gasteiger charge is -2.37. The molecule has 2 N–H and O–H groups in total. The Hall–Kier alpha value is -3.97. The summed E-state index contributed by atoms with van der Waals surface area (Å²) in [6.07, 6.45) is 5.94. The molecule has 1 fully saturated rings. The molecule has 192 valence electrons. The lowest BCUT2D eigenvalue weighted by molar-refractivity contribution is -0.115. The fraction of sp³-hybridized carbons (Fsp3) is 0.258. The third-order valence-corrected chi connectivity index (χ3v) is 8.39. The molecule has 2 aliphatic rings. The number of amides is 1. The summed E-state index contributed by atoms with van der Waals surface area (Å²) in [6, 6.07) is 17.8. The van der Waals surface area contributed by atoms with Crippen LogP contribution in [0.4, 0.5) is 11.4 Å². The molecule has 1 amide bonds. The number of hydrogen-bond acceptors (Lipinski definition) is 6. The van der Waals surface area contributed by atoms with Gasteiger partial charge in [-0.3, -0.25) is 14.6 Å². The van der Waals surface area contributed by atoms with E-state index in [9.17, 15) is 9.59 Å². The largest absolute Gasteiger partial charge is 0.380 e. The number of fused-ring (bicyclic) bond motifs is 1. The quantitative estimate of drug-likeness (QED) is 0.285. The van der Waals surface area contributed by atoms with Crippen LogP contribution in [-0.4, -0.2) is 34.7 Å². The van der Waals surface area contributed by atoms with Crippen molar-refractivity contribution in [1.29, 1.82) is 0 Å². The fourth-order valence-corrected chi connectivity index (χ4v) is 6.17. The molecule has 1 aliphatic carbocycles. The van der Waals surface area contributed by atoms with Crippen molar-refractivity contribution in [2.75, 3.05) is 23.7 Å². The minimum absolute atomic E-state index is 0.165. The molecule has 1 saturated heterocycles. The minimum atomic E-state index is -0.165. The van der Waals surface area contributed by atoms with Crippen LogP contribution in [0.2, 0.25) is 0 Å². The van der Waals surface area contributed by atoms with Crippen molar-refractivity contribution in [3.8, 4) is 0 Å². The summed E-state index contributed by atoms with van der Waals surface area (Å²) >= 11 is 1.41. The fourth-order valence-electron chi connectivity index (χ4n) is 5.40. The number of benzene rings is 2. The zero-order valence-corrected chi connectivity index (χ0v) is 22.2. The van der Waals surface area contributed by atoms with E-state index < -0.39 is 0 Å². The number of carbonyl (C=O) groups excluding carboxylic acids is 2. The summed E-state index contributed by atoms with van der Waals surface area (Å²) in [5, 5.41) is 9.52. The number of para-hydroxylation sites is 1. The van der Waals surface area contributed by atoms with Gasteiger partial charge in [0, 0.05) is 48.2 Å². The molecule has 0 unspecified atom stereocenters. The van der Waals surface area contributed by atoms with Crippen LogP contribution in [0.5, 0.6) is 0 Å². The highest BCUT2D eigenvalue weighted by molar-refractivity contribution is 7.12. The maximum absolute atomic E-state index is 13.3. The lowest BCUT2D eigenvalue weighted by atomic mass is 9.83. The molecule has 0 radical (unpaired) electrons. The number of pyridine rings is 1. The van der Waals surface area contributed by atoms with Crippen molar-refractivity contribution in [3.63, 3.8) is 0 Å². The van der Waals surface area contributed by atoms with Crippen molar-refractivity contribution < 1.29 is 9.59 Å². The molecular formula is C31H30N4O2S. The predicted molar refractivity (Wildman–Crippen MR) is 154 cm³/mol. The number of allylic oxidation sites excluding steroid dienone is 2. The van der Waals surface area contributed by atoms with Crippen molar-refractivity contribution in [3.05, 3.63) is 93.4 Å². The Morgan fingerprint density at radius 1 is 1.05 bits per heavy atom. The Morgan fingerprint density at radius 2 is 1.89 bits per heavy atom. The van der Waals surface area contributed by atoms with E-state index in [1.54, 1.807) is 0 Å². The number of Topliss-reactive ketones (excluding diaryl/α,β-unsaturated/α-hetero) is 1. The summed E-state index contributed by atoms with van der Waals surface area (Å²) in [4.78, 5) is 33.4. The molecule has 1 aliphatic heterocycles. The first-order chi connectivity index (χ1) is 18.6. The third-order valence-electron chi connectivity index (χ3n) is 7.48. The maximum Gasteiger partial charge on any atom is 0.267 e. The van der Waals surface area contributed by atoms with Crippen molar-refractivity contribution >= 4 is 50.9 Å². The highest BCUT2D eigenvalue weighted by atomic mass is 32.1. The molecule has 0 saturated carbocycles. The summed E-state index contributed by atoms with van der Waals surface area (Å²) in [5.74, 6) is 0.0209. The number of likely N-dealkylation sites (tertiary alicyclic amines) is 1. The SMILES string of the molecule is Cc1ccc(NC(=O)c2sccc2NCc2ccnc3ccccc23)cc1C1=C(N2CCCCC2)CC1=O. The predicted octanol–water partition coefficient (Wildman–Crippen LogP) is 6.64. The average molecular weight is 523 g/mol. The van der Waals surface area contributed by atoms with Gasteiger partial charge in [-0.2, -0.15) is 0 Å². The summed E-state index contributed by atoms with van der Waals surface area (Å²) in [6.45, 7) is 4.65. The van der Waals surface area contributed by atoms with Crippen molar-refractivity contribution in [2.24, 2.45) is 0 Å². The zero-order valence-electron chi connectivity index (χ0n) is 21.4. The number of aryl methyl sites for hydroxylation is 1. The Kier molecular flexibility index (Phi) is 6.68. The highest BCUT2D eigenvalue weighted by Crippen LogP contribution is 2.39. The van der Waals surface area contributed by atoms with Crippen molar-refractivity contribution in [2.45, 2.75) is 39.2 Å². The molecular weight excluding hydrogens is 492 g/mol. The number of nitrogens with one attached hydrogen (secondary N) is 2. The first-order valence-corrected chi connectivity index (χ1v) is 14.0. The molecule has 2 aromatic carbocycles. The van der Waals surface area contributed by atoms with E-state index in [0.717, 1.165) is 57.6 Å². The van der Waals surface area contributed by atoms with Crippen LogP contribution >= 0.6 is 11.3 Å². The van der Waals surface area contributed by atoms with Crippen molar-refractivity contribution in [1.82, 2.24) is 9.88 Å². The Bertz CT molecular complexity index is 1560. The van der Waals surface area contributed by atoms with Gasteiger partial charge >= 0.3 is 0 Å². The Morgan fingerprint density at radius 3 is 2.74 bits per heavy atom. The molecule has 0 spiro atoms. The molecule has 6 rings (SSSR count). The molecule has 7 heteroatoms. The average Bonchev–Trinajstić information content (AvgIpc) is 3.41. The first-order valence-electron chi connectivity index (χ1n) is 13.2. The highest BCUT2D eigenvalue weighted by Gasteiger charge is 2.33. The van der Waals surface area contributed by atoms with Gasteiger partial charge in [0.25, 0.3) is 5.91 Å². The lowest BCUT2D eigenvalue weighted by Crippen LogP contribution is -2.36. The van der Waals surface area contributed by atoms with E-state index >= 15 is 0 Å². The number of piperidine rings is 1. The Labute approximate surface area is 226 Å². The van der Waals surface area contributed by atoms with Crippen LogP contribution in [0, 0.1) is 6.92 Å². The third kappa shape index (κ3) is 4.70. The van der Waals surface area contributed by atoms with E-state index in [4.69, 9.17) is 0 Å². The standard InChI is InChI=1S/C31H30N4O2S/c1-20-9-10-22(17-24(20)29-27(18-28(29)36)35-14-5-2-6-15-35)34-31(37)30-26(12-16-38-30)33-19-21-11-13-32-25-8-4-3-7-23(21)25/h3-4,7-13,16-17,33H,2,5-6,14-15,18-19H2,1H3,(H,34,37). The van der Waals surface area contributed by atoms with E-state index in [-0.39, 0.29) is 11.7 Å². The summed E-state index contributed by atoms with van der Waals surface area (Å²) < 4.78 is 0. The molecule has 38 heavy (non-hydrogen) atoms. The number of anilines is 2. The van der Waals surface area contributed by atoms with Crippen LogP contribution in [0.3, 0.4) is 0 Å². The molecule has 3 heterocycles. The van der Waals surface area contributed by atoms with Crippen LogP contribution in [-0.2, 0) is 11.3 Å². The van der Waals surface area contributed by atoms with Gasteiger partial charge in [0.2, 0.25) is 0 Å². The number of carbonyl (C=O) groups is 2. The van der Waals surface area contributed by atoms with Gasteiger partial charge in [-0.15, -0.1) is 11.3 Å². The second kappa shape index (κ2) is 10.4. The molecule has 6 nitrogen and oxygen atoms in total. The summed E-state index contributed by atoms with van der Waals surface area (Å²) in [7, 11) is 0. The number of ketones is 1. The number of thiophene rings is 1. The van der Waals surface area contributed by atoms with E-state index in [0.29, 0.717) is 23.5 Å². The van der Waals surface area contributed by atoms with Gasteiger partial charge in [0.05, 0.1) is 17.6 Å². The van der Waals surface area contributed by atoms with Crippen LogP contribution in [0.15, 0.2) is 71.9 Å². The van der Waals surface area contributed by atoms with Gasteiger partial charge in [0.15, 0.2) is 5.78 Å². The topological polar surface area (TPSA) is 74.3 Å². The molecule has 2 aromatic heterocycles. The molecule has 0 bridgehead atoms. The van der Waals surface area contributed by atoms with Crippen LogP contribution < -0.4 is 10.6 Å². The van der Waals surface area contributed by atoms with Gasteiger partial charge in [-0.1, -0.05) is 24.3 Å². The number of hydrogen-bond donors (Lipinski definition) is 2. The Balaban J connectivity index is 1.20. The number of nitrogens with zero attached hydrogens (tertiary/aromatic N) is 2. The van der Waals surface area contributed by atoms with Gasteiger partial charge in [0.1, 0.15) is 4.88 Å². The van der Waals surface area contributed by atoms with E-state index in [2.05, 4.69) is 26.6 Å². The number of rotatable bonds is 7. The van der Waals surface area contributed by atoms with E-state index in [1.807, 2.05) is 67.0 Å². The summed E-state index contributed by atoms with van der Waals surface area (Å²) in [5.41, 5.74) is 7.52. The van der Waals surface area contributed by atoms with Gasteiger partial charge < -0.3 is 15.5 Å². The normalized spacial score (nSPS) is 15.5. The zero-order chi connectivity index (χ0) is 26.1. The molecule has 0 atom stereocenters. The maximum atomic E-state index is 13.3. The first kappa shape index (κ1) is 24.4.